The first-order valence-corrected chi connectivity index (χ1v) is 4.66. The molecule has 1 atom stereocenters. The van der Waals surface area contributed by atoms with Crippen molar-refractivity contribution in [3.8, 4) is 0 Å². The van der Waals surface area contributed by atoms with Crippen molar-refractivity contribution >= 4 is 5.97 Å². The maximum atomic E-state index is 11.0. The number of carbonyl (C=O) groups is 1. The van der Waals surface area contributed by atoms with Crippen LogP contribution in [0.5, 0.6) is 0 Å². The van der Waals surface area contributed by atoms with E-state index in [2.05, 4.69) is 19.1 Å². The van der Waals surface area contributed by atoms with E-state index >= 15 is 0 Å². The van der Waals surface area contributed by atoms with Crippen LogP contribution in [-0.4, -0.2) is 12.6 Å². The lowest BCUT2D eigenvalue weighted by Crippen LogP contribution is -2.06. The first-order valence-electron chi connectivity index (χ1n) is 4.66. The number of hydrogen-bond acceptors (Lipinski definition) is 2. The van der Waals surface area contributed by atoms with Gasteiger partial charge in [0.2, 0.25) is 0 Å². The van der Waals surface area contributed by atoms with Crippen LogP contribution >= 0.6 is 0 Å². The molecule has 1 aliphatic heterocycles. The van der Waals surface area contributed by atoms with Crippen LogP contribution < -0.4 is 0 Å². The Morgan fingerprint density at radius 1 is 1.58 bits per heavy atom. The van der Waals surface area contributed by atoms with Crippen LogP contribution in [0.2, 0.25) is 0 Å². The summed E-state index contributed by atoms with van der Waals surface area (Å²) in [7, 11) is 0. The molecule has 1 saturated heterocycles. The summed E-state index contributed by atoms with van der Waals surface area (Å²) in [5, 5.41) is 0. The summed E-state index contributed by atoms with van der Waals surface area (Å²) in [6.07, 6.45) is 8.24. The quantitative estimate of drug-likeness (QED) is 0.475. The van der Waals surface area contributed by atoms with Crippen molar-refractivity contribution in [2.24, 2.45) is 5.92 Å². The van der Waals surface area contributed by atoms with Crippen LogP contribution in [0.15, 0.2) is 12.2 Å². The van der Waals surface area contributed by atoms with Gasteiger partial charge in [0, 0.05) is 0 Å². The molecule has 0 aromatic heterocycles. The first-order chi connectivity index (χ1) is 5.84. The predicted octanol–water partition coefficient (Wildman–Crippen LogP) is 2.30. The third kappa shape index (κ3) is 2.68. The second-order valence-corrected chi connectivity index (χ2v) is 3.11. The number of esters is 1. The Morgan fingerprint density at radius 3 is 3.00 bits per heavy atom. The predicted molar refractivity (Wildman–Crippen MR) is 47.7 cm³/mol. The molecule has 1 fully saturated rings. The minimum atomic E-state index is -0.0000940. The van der Waals surface area contributed by atoms with Gasteiger partial charge >= 0.3 is 5.97 Å². The molecule has 0 spiro atoms. The number of ether oxygens (including phenoxy) is 1. The van der Waals surface area contributed by atoms with Gasteiger partial charge in [-0.05, 0) is 25.7 Å². The fourth-order valence-corrected chi connectivity index (χ4v) is 1.38. The third-order valence-corrected chi connectivity index (χ3v) is 2.13. The summed E-state index contributed by atoms with van der Waals surface area (Å²) < 4.78 is 4.86. The van der Waals surface area contributed by atoms with E-state index in [0.717, 1.165) is 25.7 Å². The van der Waals surface area contributed by atoms with E-state index in [1.165, 1.54) is 0 Å². The summed E-state index contributed by atoms with van der Waals surface area (Å²) >= 11 is 0. The molecular weight excluding hydrogens is 152 g/mol. The summed E-state index contributed by atoms with van der Waals surface area (Å²) in [6, 6.07) is 0. The van der Waals surface area contributed by atoms with Crippen LogP contribution in [0.1, 0.15) is 32.6 Å². The Labute approximate surface area is 73.6 Å². The van der Waals surface area contributed by atoms with Crippen LogP contribution in [-0.2, 0) is 9.53 Å². The first kappa shape index (κ1) is 9.30. The van der Waals surface area contributed by atoms with E-state index in [4.69, 9.17) is 4.74 Å². The fraction of sp³-hybridized carbons (Fsp3) is 0.700. The largest absolute Gasteiger partial charge is 0.465 e. The van der Waals surface area contributed by atoms with E-state index < -0.39 is 0 Å². The molecule has 1 unspecified atom stereocenters. The third-order valence-electron chi connectivity index (χ3n) is 2.13. The molecule has 1 aliphatic rings. The Balaban J connectivity index is 2.14. The van der Waals surface area contributed by atoms with Crippen molar-refractivity contribution < 1.29 is 9.53 Å². The van der Waals surface area contributed by atoms with Crippen molar-refractivity contribution in [1.82, 2.24) is 0 Å². The van der Waals surface area contributed by atoms with Crippen LogP contribution in [0.4, 0.5) is 0 Å². The summed E-state index contributed by atoms with van der Waals surface area (Å²) in [5.74, 6) is 0.173. The minimum Gasteiger partial charge on any atom is -0.465 e. The lowest BCUT2D eigenvalue weighted by Gasteiger charge is -2.00. The van der Waals surface area contributed by atoms with Gasteiger partial charge in [0.1, 0.15) is 0 Å². The lowest BCUT2D eigenvalue weighted by molar-refractivity contribution is -0.141. The van der Waals surface area contributed by atoms with E-state index in [9.17, 15) is 4.79 Å². The Bertz CT molecular complexity index is 173. The Hall–Kier alpha value is -0.790. The maximum Gasteiger partial charge on any atom is 0.309 e. The molecule has 0 N–H and O–H groups in total. The monoisotopic (exact) mass is 168 g/mol. The number of allylic oxidation sites excluding steroid dienone is 2. The molecule has 0 aromatic rings. The molecule has 0 aromatic carbocycles. The molecule has 68 valence electrons. The molecule has 2 heteroatoms. The molecule has 0 aliphatic carbocycles. The van der Waals surface area contributed by atoms with Gasteiger partial charge < -0.3 is 4.74 Å². The highest BCUT2D eigenvalue weighted by Gasteiger charge is 2.24. The number of carbonyl (C=O) groups excluding carboxylic acids is 1. The van der Waals surface area contributed by atoms with Crippen LogP contribution in [0.3, 0.4) is 0 Å². The lowest BCUT2D eigenvalue weighted by atomic mass is 10.0. The van der Waals surface area contributed by atoms with Crippen LogP contribution in [0, 0.1) is 5.92 Å². The summed E-state index contributed by atoms with van der Waals surface area (Å²) in [5.41, 5.74) is 0. The van der Waals surface area contributed by atoms with Crippen molar-refractivity contribution in [2.45, 2.75) is 32.6 Å². The van der Waals surface area contributed by atoms with E-state index in [0.29, 0.717) is 6.61 Å². The van der Waals surface area contributed by atoms with Crippen molar-refractivity contribution in [2.75, 3.05) is 6.61 Å². The van der Waals surface area contributed by atoms with Gasteiger partial charge in [-0.15, -0.1) is 0 Å². The smallest absolute Gasteiger partial charge is 0.309 e. The zero-order valence-electron chi connectivity index (χ0n) is 7.58. The van der Waals surface area contributed by atoms with E-state index in [1.807, 2.05) is 0 Å². The molecule has 0 saturated carbocycles. The second-order valence-electron chi connectivity index (χ2n) is 3.11. The van der Waals surface area contributed by atoms with Gasteiger partial charge in [0.25, 0.3) is 0 Å². The van der Waals surface area contributed by atoms with Gasteiger partial charge in [-0.1, -0.05) is 19.1 Å². The minimum absolute atomic E-state index is 0.0000940. The Morgan fingerprint density at radius 2 is 2.42 bits per heavy atom. The molecule has 0 bridgehead atoms. The fourth-order valence-electron chi connectivity index (χ4n) is 1.38. The van der Waals surface area contributed by atoms with Gasteiger partial charge in [-0.3, -0.25) is 4.79 Å². The van der Waals surface area contributed by atoms with Gasteiger partial charge in [0.05, 0.1) is 12.5 Å². The van der Waals surface area contributed by atoms with E-state index in [-0.39, 0.29) is 11.9 Å². The standard InChI is InChI=1S/C10H16O2/c1-2-3-4-5-6-9-7-8-12-10(9)11/h3-4,9H,2,5-8H2,1H3. The highest BCUT2D eigenvalue weighted by molar-refractivity contribution is 5.74. The molecule has 2 nitrogen and oxygen atoms in total. The zero-order chi connectivity index (χ0) is 8.81. The highest BCUT2D eigenvalue weighted by Crippen LogP contribution is 2.19. The molecule has 12 heavy (non-hydrogen) atoms. The van der Waals surface area contributed by atoms with Crippen molar-refractivity contribution in [3.63, 3.8) is 0 Å². The molecule has 1 rings (SSSR count). The Kier molecular flexibility index (Phi) is 3.85. The maximum absolute atomic E-state index is 11.0. The average Bonchev–Trinajstić information content (AvgIpc) is 2.46. The van der Waals surface area contributed by atoms with Gasteiger partial charge in [0.15, 0.2) is 0 Å². The molecule has 0 amide bonds. The molecular formula is C10H16O2. The molecule has 0 radical (unpaired) electrons. The van der Waals surface area contributed by atoms with Gasteiger partial charge in [-0.2, -0.15) is 0 Å². The topological polar surface area (TPSA) is 26.3 Å². The zero-order valence-corrected chi connectivity index (χ0v) is 7.58. The summed E-state index contributed by atoms with van der Waals surface area (Å²) in [6.45, 7) is 2.74. The normalized spacial score (nSPS) is 23.4. The highest BCUT2D eigenvalue weighted by atomic mass is 16.5. The number of hydrogen-bond donors (Lipinski definition) is 0. The van der Waals surface area contributed by atoms with E-state index in [1.54, 1.807) is 0 Å². The van der Waals surface area contributed by atoms with Crippen molar-refractivity contribution in [1.29, 1.82) is 0 Å². The molecule has 1 heterocycles. The van der Waals surface area contributed by atoms with Gasteiger partial charge in [-0.25, -0.2) is 0 Å². The number of rotatable bonds is 4. The van der Waals surface area contributed by atoms with Crippen LogP contribution in [0.25, 0.3) is 0 Å². The number of cyclic esters (lactones) is 1. The summed E-state index contributed by atoms with van der Waals surface area (Å²) in [4.78, 5) is 11.0. The van der Waals surface area contributed by atoms with Crippen molar-refractivity contribution in [3.05, 3.63) is 12.2 Å². The average molecular weight is 168 g/mol. The second kappa shape index (κ2) is 4.96. The SMILES string of the molecule is CCC=CCCC1CCOC1=O.